The van der Waals surface area contributed by atoms with Crippen molar-refractivity contribution in [1.29, 1.82) is 0 Å². The van der Waals surface area contributed by atoms with E-state index >= 15 is 0 Å². The second-order valence-electron chi connectivity index (χ2n) is 7.04. The van der Waals surface area contributed by atoms with Gasteiger partial charge in [0, 0.05) is 22.7 Å². The maximum Gasteiger partial charge on any atom is 0.157 e. The Labute approximate surface area is 157 Å². The van der Waals surface area contributed by atoms with Crippen LogP contribution in [0.2, 0.25) is 0 Å². The molecule has 0 saturated carbocycles. The zero-order valence-electron chi connectivity index (χ0n) is 15.3. The summed E-state index contributed by atoms with van der Waals surface area (Å²) in [5, 5.41) is 0. The van der Waals surface area contributed by atoms with E-state index in [0.29, 0.717) is 26.1 Å². The first-order valence-corrected chi connectivity index (χ1v) is 10.9. The summed E-state index contributed by atoms with van der Waals surface area (Å²) >= 11 is 0.306. The molecule has 1 aliphatic rings. The summed E-state index contributed by atoms with van der Waals surface area (Å²) in [5.74, 6) is -0.286. The predicted molar refractivity (Wildman–Crippen MR) is 101 cm³/mol. The van der Waals surface area contributed by atoms with Gasteiger partial charge in [0.2, 0.25) is 0 Å². The van der Waals surface area contributed by atoms with Crippen LogP contribution < -0.4 is 4.72 Å². The molecule has 1 aromatic rings. The number of ether oxygens (including phenoxy) is 2. The zero-order chi connectivity index (χ0) is 18.4. The largest absolute Gasteiger partial charge is 0.598 e. The SMILES string of the molecule is CSc1ccc(F)cc1C(CCC1OCCCO1)N[S+]([O-])C(C)(C)C. The minimum absolute atomic E-state index is 0.229. The molecule has 0 spiro atoms. The molecule has 1 saturated heterocycles. The second-order valence-corrected chi connectivity index (χ2v) is 9.89. The summed E-state index contributed by atoms with van der Waals surface area (Å²) in [6.45, 7) is 7.16. The number of benzene rings is 1. The zero-order valence-corrected chi connectivity index (χ0v) is 17.0. The molecule has 1 N–H and O–H groups in total. The molecule has 1 aromatic carbocycles. The standard InChI is InChI=1S/C18H28FNO3S2/c1-18(2,3)25(21)20-15(7-9-17-22-10-5-11-23-17)14-12-13(19)6-8-16(14)24-4/h6,8,12,15,17,20H,5,7,9-11H2,1-4H3. The molecule has 0 bridgehead atoms. The molecule has 7 heteroatoms. The van der Waals surface area contributed by atoms with Crippen LogP contribution in [0.5, 0.6) is 0 Å². The minimum atomic E-state index is -1.25. The predicted octanol–water partition coefficient (Wildman–Crippen LogP) is 4.18. The van der Waals surface area contributed by atoms with Gasteiger partial charge in [-0.2, -0.15) is 0 Å². The maximum atomic E-state index is 13.8. The topological polar surface area (TPSA) is 53.5 Å². The van der Waals surface area contributed by atoms with Gasteiger partial charge in [0.15, 0.2) is 6.29 Å². The Morgan fingerprint density at radius 2 is 2.04 bits per heavy atom. The van der Waals surface area contributed by atoms with E-state index in [-0.39, 0.29) is 18.1 Å². The van der Waals surface area contributed by atoms with E-state index < -0.39 is 16.1 Å². The van der Waals surface area contributed by atoms with Gasteiger partial charge in [-0.15, -0.1) is 16.5 Å². The highest BCUT2D eigenvalue weighted by Crippen LogP contribution is 2.32. The summed E-state index contributed by atoms with van der Waals surface area (Å²) in [4.78, 5) is 0.982. The van der Waals surface area contributed by atoms with Crippen LogP contribution in [-0.2, 0) is 20.8 Å². The Morgan fingerprint density at radius 3 is 2.64 bits per heavy atom. The Kier molecular flexibility index (Phi) is 8.04. The van der Waals surface area contributed by atoms with Gasteiger partial charge < -0.3 is 14.0 Å². The van der Waals surface area contributed by atoms with Crippen molar-refractivity contribution in [1.82, 2.24) is 4.72 Å². The van der Waals surface area contributed by atoms with Crippen molar-refractivity contribution in [2.45, 2.75) is 62.0 Å². The lowest BCUT2D eigenvalue weighted by Gasteiger charge is -2.30. The first-order valence-electron chi connectivity index (χ1n) is 8.56. The van der Waals surface area contributed by atoms with Gasteiger partial charge in [-0.05, 0) is 63.6 Å². The molecule has 0 aromatic heterocycles. The summed E-state index contributed by atoms with van der Waals surface area (Å²) in [5.41, 5.74) is 0.834. The van der Waals surface area contributed by atoms with E-state index in [1.165, 1.54) is 12.1 Å². The van der Waals surface area contributed by atoms with Crippen LogP contribution in [0.15, 0.2) is 23.1 Å². The molecule has 2 unspecified atom stereocenters. The average Bonchev–Trinajstić information content (AvgIpc) is 2.58. The van der Waals surface area contributed by atoms with E-state index in [4.69, 9.17) is 9.47 Å². The van der Waals surface area contributed by atoms with Crippen LogP contribution in [0.4, 0.5) is 4.39 Å². The summed E-state index contributed by atoms with van der Waals surface area (Å²) in [6.07, 6.45) is 3.95. The van der Waals surface area contributed by atoms with Crippen molar-refractivity contribution in [3.63, 3.8) is 0 Å². The van der Waals surface area contributed by atoms with E-state index in [2.05, 4.69) is 4.72 Å². The average molecular weight is 390 g/mol. The van der Waals surface area contributed by atoms with Crippen LogP contribution in [-0.4, -0.2) is 35.1 Å². The lowest BCUT2D eigenvalue weighted by Crippen LogP contribution is -2.41. The summed E-state index contributed by atoms with van der Waals surface area (Å²) in [6, 6.07) is 4.54. The number of thioether (sulfide) groups is 1. The highest BCUT2D eigenvalue weighted by molar-refractivity contribution is 7.98. The number of hydrogen-bond donors (Lipinski definition) is 1. The van der Waals surface area contributed by atoms with E-state index in [0.717, 1.165) is 16.9 Å². The summed E-state index contributed by atoms with van der Waals surface area (Å²) < 4.78 is 40.5. The molecule has 2 rings (SSSR count). The van der Waals surface area contributed by atoms with Gasteiger partial charge in [0.25, 0.3) is 0 Å². The van der Waals surface area contributed by atoms with Gasteiger partial charge in [-0.1, -0.05) is 0 Å². The number of nitrogens with one attached hydrogen (secondary N) is 1. The number of hydrogen-bond acceptors (Lipinski definition) is 5. The van der Waals surface area contributed by atoms with Gasteiger partial charge in [-0.3, -0.25) is 0 Å². The number of halogens is 1. The van der Waals surface area contributed by atoms with Gasteiger partial charge in [0.05, 0.1) is 19.3 Å². The first-order chi connectivity index (χ1) is 11.8. The smallest absolute Gasteiger partial charge is 0.157 e. The highest BCUT2D eigenvalue weighted by atomic mass is 32.2. The third-order valence-corrected chi connectivity index (χ3v) is 6.38. The molecule has 142 valence electrons. The fraction of sp³-hybridized carbons (Fsp3) is 0.667. The van der Waals surface area contributed by atoms with Crippen LogP contribution in [0.3, 0.4) is 0 Å². The molecule has 0 aliphatic carbocycles. The van der Waals surface area contributed by atoms with E-state index in [1.807, 2.05) is 27.0 Å². The Morgan fingerprint density at radius 1 is 1.36 bits per heavy atom. The molecule has 2 atom stereocenters. The van der Waals surface area contributed by atoms with Gasteiger partial charge in [0.1, 0.15) is 10.6 Å². The molecular weight excluding hydrogens is 361 g/mol. The maximum absolute atomic E-state index is 13.8. The van der Waals surface area contributed by atoms with Crippen molar-refractivity contribution in [2.75, 3.05) is 19.5 Å². The Balaban J connectivity index is 2.17. The van der Waals surface area contributed by atoms with Crippen LogP contribution in [0.25, 0.3) is 0 Å². The van der Waals surface area contributed by atoms with Crippen molar-refractivity contribution in [3.8, 4) is 0 Å². The van der Waals surface area contributed by atoms with Crippen molar-refractivity contribution >= 4 is 23.1 Å². The molecular formula is C18H28FNO3S2. The van der Waals surface area contributed by atoms with Crippen molar-refractivity contribution in [3.05, 3.63) is 29.6 Å². The van der Waals surface area contributed by atoms with E-state index in [1.54, 1.807) is 17.8 Å². The highest BCUT2D eigenvalue weighted by Gasteiger charge is 2.31. The van der Waals surface area contributed by atoms with Crippen LogP contribution >= 0.6 is 11.8 Å². The first kappa shape index (κ1) is 21.0. The van der Waals surface area contributed by atoms with Gasteiger partial charge in [-0.25, -0.2) is 4.39 Å². The lowest BCUT2D eigenvalue weighted by atomic mass is 10.0. The fourth-order valence-corrected chi connectivity index (χ4v) is 4.07. The fourth-order valence-electron chi connectivity index (χ4n) is 2.57. The molecule has 1 fully saturated rings. The van der Waals surface area contributed by atoms with Crippen LogP contribution in [0, 0.1) is 5.82 Å². The summed E-state index contributed by atoms with van der Waals surface area (Å²) in [7, 11) is 0. The Bertz CT molecular complexity index is 548. The second kappa shape index (κ2) is 9.58. The van der Waals surface area contributed by atoms with Gasteiger partial charge >= 0.3 is 0 Å². The van der Waals surface area contributed by atoms with Crippen LogP contribution in [0.1, 0.15) is 51.6 Å². The lowest BCUT2D eigenvalue weighted by molar-refractivity contribution is -0.182. The van der Waals surface area contributed by atoms with E-state index in [9.17, 15) is 8.94 Å². The Hall–Kier alpha value is -0.310. The monoisotopic (exact) mass is 389 g/mol. The third-order valence-electron chi connectivity index (χ3n) is 3.96. The minimum Gasteiger partial charge on any atom is -0.598 e. The molecule has 0 radical (unpaired) electrons. The molecule has 4 nitrogen and oxygen atoms in total. The molecule has 1 aliphatic heterocycles. The molecule has 1 heterocycles. The quantitative estimate of drug-likeness (QED) is 0.560. The number of rotatable bonds is 7. The third kappa shape index (κ3) is 6.41. The molecule has 0 amide bonds. The normalized spacial score (nSPS) is 19.0. The molecule has 25 heavy (non-hydrogen) atoms. The van der Waals surface area contributed by atoms with Crippen molar-refractivity contribution < 1.29 is 18.4 Å². The van der Waals surface area contributed by atoms with Crippen molar-refractivity contribution in [2.24, 2.45) is 0 Å².